The Hall–Kier alpha value is -1.36. The van der Waals surface area contributed by atoms with Crippen molar-refractivity contribution in [2.75, 3.05) is 6.61 Å². The summed E-state index contributed by atoms with van der Waals surface area (Å²) in [4.78, 5) is 11.7. The van der Waals surface area contributed by atoms with E-state index in [0.29, 0.717) is 13.2 Å². The monoisotopic (exact) mass is 223 g/mol. The zero-order valence-corrected chi connectivity index (χ0v) is 9.43. The Morgan fingerprint density at radius 3 is 3.25 bits per heavy atom. The van der Waals surface area contributed by atoms with Crippen molar-refractivity contribution < 1.29 is 9.53 Å². The fraction of sp³-hybridized carbons (Fsp3) is 0.636. The van der Waals surface area contributed by atoms with Crippen LogP contribution in [0.3, 0.4) is 0 Å². The van der Waals surface area contributed by atoms with E-state index >= 15 is 0 Å². The Balaban J connectivity index is 1.78. The van der Waals surface area contributed by atoms with Gasteiger partial charge in [-0.2, -0.15) is 5.10 Å². The molecule has 0 spiro atoms. The molecule has 0 aliphatic carbocycles. The number of carbonyl (C=O) groups excluding carboxylic acids is 1. The molecular weight excluding hydrogens is 206 g/mol. The summed E-state index contributed by atoms with van der Waals surface area (Å²) in [5.41, 5.74) is 0. The number of hydrogen-bond donors (Lipinski definition) is 1. The van der Waals surface area contributed by atoms with Crippen LogP contribution in [0.2, 0.25) is 0 Å². The number of aromatic nitrogens is 2. The number of rotatable bonds is 4. The molecule has 1 fully saturated rings. The van der Waals surface area contributed by atoms with Crippen molar-refractivity contribution in [3.63, 3.8) is 0 Å². The van der Waals surface area contributed by atoms with Gasteiger partial charge in [0.25, 0.3) is 0 Å². The van der Waals surface area contributed by atoms with E-state index in [1.54, 1.807) is 10.9 Å². The van der Waals surface area contributed by atoms with E-state index in [9.17, 15) is 4.79 Å². The van der Waals surface area contributed by atoms with Crippen molar-refractivity contribution >= 4 is 5.91 Å². The quantitative estimate of drug-likeness (QED) is 0.811. The first-order valence-electron chi connectivity index (χ1n) is 5.65. The Labute approximate surface area is 94.8 Å². The van der Waals surface area contributed by atoms with E-state index in [0.717, 1.165) is 12.8 Å². The first-order valence-corrected chi connectivity index (χ1v) is 5.65. The van der Waals surface area contributed by atoms with E-state index in [1.165, 1.54) is 0 Å². The summed E-state index contributed by atoms with van der Waals surface area (Å²) in [6.45, 7) is 3.35. The molecule has 1 aliphatic heterocycles. The van der Waals surface area contributed by atoms with Crippen molar-refractivity contribution in [1.29, 1.82) is 0 Å². The Morgan fingerprint density at radius 1 is 1.75 bits per heavy atom. The lowest BCUT2D eigenvalue weighted by Crippen LogP contribution is -2.41. The highest BCUT2D eigenvalue weighted by atomic mass is 16.5. The lowest BCUT2D eigenvalue weighted by Gasteiger charge is -2.16. The minimum absolute atomic E-state index is 0.00263. The van der Waals surface area contributed by atoms with Gasteiger partial charge in [0.05, 0.1) is 6.54 Å². The SMILES string of the molecule is C[C@@H](Cn1cccn1)NC(=O)[C@H]1CCCO1. The third-order valence-electron chi connectivity index (χ3n) is 2.63. The molecule has 0 aromatic carbocycles. The molecule has 2 rings (SSSR count). The lowest BCUT2D eigenvalue weighted by molar-refractivity contribution is -0.130. The molecule has 2 atom stereocenters. The van der Waals surface area contributed by atoms with Gasteiger partial charge in [-0.3, -0.25) is 9.48 Å². The van der Waals surface area contributed by atoms with Crippen LogP contribution in [0.25, 0.3) is 0 Å². The van der Waals surface area contributed by atoms with Crippen LogP contribution >= 0.6 is 0 Å². The molecule has 0 radical (unpaired) electrons. The van der Waals surface area contributed by atoms with E-state index in [2.05, 4.69) is 10.4 Å². The second-order valence-electron chi connectivity index (χ2n) is 4.14. The van der Waals surface area contributed by atoms with Gasteiger partial charge in [-0.25, -0.2) is 0 Å². The summed E-state index contributed by atoms with van der Waals surface area (Å²) < 4.78 is 7.12. The van der Waals surface area contributed by atoms with E-state index in [-0.39, 0.29) is 18.1 Å². The number of nitrogens with one attached hydrogen (secondary N) is 1. The first kappa shape index (κ1) is 11.1. The maximum atomic E-state index is 11.7. The van der Waals surface area contributed by atoms with Gasteiger partial charge in [0.15, 0.2) is 0 Å². The normalized spacial score (nSPS) is 21.9. The van der Waals surface area contributed by atoms with Gasteiger partial charge in [-0.15, -0.1) is 0 Å². The molecule has 1 aromatic heterocycles. The van der Waals surface area contributed by atoms with Crippen molar-refractivity contribution in [3.8, 4) is 0 Å². The second-order valence-corrected chi connectivity index (χ2v) is 4.14. The summed E-state index contributed by atoms with van der Waals surface area (Å²) in [6, 6.07) is 1.94. The molecule has 1 aromatic rings. The van der Waals surface area contributed by atoms with E-state index < -0.39 is 0 Å². The molecule has 0 saturated carbocycles. The molecule has 5 nitrogen and oxygen atoms in total. The molecule has 16 heavy (non-hydrogen) atoms. The predicted octanol–water partition coefficient (Wildman–Crippen LogP) is 0.567. The van der Waals surface area contributed by atoms with Crippen LogP contribution in [0.4, 0.5) is 0 Å². The van der Waals surface area contributed by atoms with Gasteiger partial charge in [0, 0.05) is 25.0 Å². The summed E-state index contributed by atoms with van der Waals surface area (Å²) >= 11 is 0. The molecular formula is C11H17N3O2. The fourth-order valence-electron chi connectivity index (χ4n) is 1.85. The first-order chi connectivity index (χ1) is 7.75. The molecule has 0 bridgehead atoms. The summed E-state index contributed by atoms with van der Waals surface area (Å²) in [7, 11) is 0. The van der Waals surface area contributed by atoms with Gasteiger partial charge in [0.1, 0.15) is 6.10 Å². The minimum Gasteiger partial charge on any atom is -0.368 e. The molecule has 2 heterocycles. The maximum Gasteiger partial charge on any atom is 0.249 e. The van der Waals surface area contributed by atoms with Crippen molar-refractivity contribution in [3.05, 3.63) is 18.5 Å². The molecule has 1 saturated heterocycles. The largest absolute Gasteiger partial charge is 0.368 e. The summed E-state index contributed by atoms with van der Waals surface area (Å²) in [5, 5.41) is 7.03. The Kier molecular flexibility index (Phi) is 3.56. The number of ether oxygens (including phenoxy) is 1. The Morgan fingerprint density at radius 2 is 2.62 bits per heavy atom. The standard InChI is InChI=1S/C11H17N3O2/c1-9(8-14-6-3-5-12-14)13-11(15)10-4-2-7-16-10/h3,5-6,9-10H,2,4,7-8H2,1H3,(H,13,15)/t9-,10+/m0/s1. The lowest BCUT2D eigenvalue weighted by atomic mass is 10.2. The maximum absolute atomic E-state index is 11.7. The van der Waals surface area contributed by atoms with Gasteiger partial charge >= 0.3 is 0 Å². The van der Waals surface area contributed by atoms with Gasteiger partial charge in [-0.05, 0) is 25.8 Å². The molecule has 1 amide bonds. The van der Waals surface area contributed by atoms with E-state index in [1.807, 2.05) is 19.2 Å². The van der Waals surface area contributed by atoms with Gasteiger partial charge in [0.2, 0.25) is 5.91 Å². The van der Waals surface area contributed by atoms with Crippen molar-refractivity contribution in [2.45, 2.75) is 38.5 Å². The third-order valence-corrected chi connectivity index (χ3v) is 2.63. The molecule has 5 heteroatoms. The summed E-state index contributed by atoms with van der Waals surface area (Å²) in [6.07, 6.45) is 5.18. The third kappa shape index (κ3) is 2.82. The fourth-order valence-corrected chi connectivity index (χ4v) is 1.85. The Bertz CT molecular complexity index is 331. The van der Waals surface area contributed by atoms with Crippen molar-refractivity contribution in [2.24, 2.45) is 0 Å². The minimum atomic E-state index is -0.250. The highest BCUT2D eigenvalue weighted by molar-refractivity contribution is 5.81. The number of amides is 1. The van der Waals surface area contributed by atoms with Crippen LogP contribution in [0, 0.1) is 0 Å². The van der Waals surface area contributed by atoms with Crippen LogP contribution < -0.4 is 5.32 Å². The van der Waals surface area contributed by atoms with Crippen LogP contribution in [-0.2, 0) is 16.1 Å². The zero-order valence-electron chi connectivity index (χ0n) is 9.43. The second kappa shape index (κ2) is 5.12. The molecule has 1 N–H and O–H groups in total. The number of hydrogen-bond acceptors (Lipinski definition) is 3. The van der Waals surface area contributed by atoms with Crippen LogP contribution in [0.15, 0.2) is 18.5 Å². The number of carbonyl (C=O) groups is 1. The number of nitrogens with zero attached hydrogens (tertiary/aromatic N) is 2. The van der Waals surface area contributed by atoms with E-state index in [4.69, 9.17) is 4.74 Å². The smallest absolute Gasteiger partial charge is 0.249 e. The molecule has 0 unspecified atom stereocenters. The van der Waals surface area contributed by atoms with Crippen LogP contribution in [0.1, 0.15) is 19.8 Å². The highest BCUT2D eigenvalue weighted by Crippen LogP contribution is 2.11. The average Bonchev–Trinajstić information content (AvgIpc) is 2.88. The van der Waals surface area contributed by atoms with Crippen LogP contribution in [-0.4, -0.2) is 34.4 Å². The zero-order chi connectivity index (χ0) is 11.4. The highest BCUT2D eigenvalue weighted by Gasteiger charge is 2.24. The van der Waals surface area contributed by atoms with Crippen LogP contribution in [0.5, 0.6) is 0 Å². The van der Waals surface area contributed by atoms with Crippen molar-refractivity contribution in [1.82, 2.24) is 15.1 Å². The van der Waals surface area contributed by atoms with Gasteiger partial charge in [-0.1, -0.05) is 0 Å². The van der Waals surface area contributed by atoms with Gasteiger partial charge < -0.3 is 10.1 Å². The molecule has 88 valence electrons. The predicted molar refractivity (Wildman–Crippen MR) is 58.8 cm³/mol. The topological polar surface area (TPSA) is 56.2 Å². The molecule has 1 aliphatic rings. The average molecular weight is 223 g/mol. The summed E-state index contributed by atoms with van der Waals surface area (Å²) in [5.74, 6) is -0.00263.